The number of carbonyl (C=O) groups excluding carboxylic acids is 1. The minimum absolute atomic E-state index is 0.0243. The lowest BCUT2D eigenvalue weighted by atomic mass is 9.77. The summed E-state index contributed by atoms with van der Waals surface area (Å²) in [6.07, 6.45) is 13.2. The van der Waals surface area contributed by atoms with E-state index in [4.69, 9.17) is 14.5 Å². The van der Waals surface area contributed by atoms with Gasteiger partial charge in [0.15, 0.2) is 18.2 Å². The van der Waals surface area contributed by atoms with E-state index in [9.17, 15) is 9.18 Å². The van der Waals surface area contributed by atoms with Gasteiger partial charge in [0.25, 0.3) is 0 Å². The lowest BCUT2D eigenvalue weighted by Crippen LogP contribution is -2.42. The molecule has 0 amide bonds. The van der Waals surface area contributed by atoms with Gasteiger partial charge in [-0.1, -0.05) is 19.9 Å². The van der Waals surface area contributed by atoms with E-state index in [0.29, 0.717) is 18.4 Å². The minimum atomic E-state index is -0.530. The number of aromatic nitrogens is 4. The Balaban J connectivity index is 1.16. The molecule has 0 aliphatic carbocycles. The Labute approximate surface area is 266 Å². The molecule has 246 valence electrons. The van der Waals surface area contributed by atoms with Gasteiger partial charge in [0.2, 0.25) is 0 Å². The normalized spacial score (nSPS) is 17.7. The molecule has 2 aliphatic rings. The van der Waals surface area contributed by atoms with E-state index in [-0.39, 0.29) is 25.0 Å². The highest BCUT2D eigenvalue weighted by Gasteiger charge is 2.40. The van der Waals surface area contributed by atoms with E-state index in [1.54, 1.807) is 25.3 Å². The molecule has 2 saturated heterocycles. The smallest absolute Gasteiger partial charge is 0.344 e. The third-order valence-electron chi connectivity index (χ3n) is 9.14. The molecule has 0 bridgehead atoms. The molecule has 1 atom stereocenters. The number of benzene rings is 1. The molecule has 45 heavy (non-hydrogen) atoms. The number of imidazole rings is 2. The molecule has 1 spiro atoms. The number of ether oxygens (including phenoxy) is 2. The molecule has 10 nitrogen and oxygen atoms in total. The number of nitrogens with zero attached hydrogens (tertiary/aromatic N) is 5. The minimum Gasteiger partial charge on any atom is -0.479 e. The van der Waals surface area contributed by atoms with Crippen LogP contribution in [0.25, 0.3) is 0 Å². The summed E-state index contributed by atoms with van der Waals surface area (Å²) in [5.74, 6) is 1.52. The molecule has 2 aromatic heterocycles. The van der Waals surface area contributed by atoms with Crippen LogP contribution < -0.4 is 10.1 Å². The lowest BCUT2D eigenvalue weighted by Gasteiger charge is -2.40. The van der Waals surface area contributed by atoms with Crippen molar-refractivity contribution in [1.82, 2.24) is 34.6 Å². The third kappa shape index (κ3) is 9.37. The van der Waals surface area contributed by atoms with E-state index >= 15 is 0 Å². The first-order valence-electron chi connectivity index (χ1n) is 16.6. The van der Waals surface area contributed by atoms with Gasteiger partial charge in [-0.25, -0.2) is 19.2 Å². The molecule has 0 radical (unpaired) electrons. The fraction of sp³-hybridized carbons (Fsp3) is 0.618. The first kappa shape index (κ1) is 33.1. The van der Waals surface area contributed by atoms with Crippen molar-refractivity contribution < 1.29 is 18.7 Å². The molecule has 4 heterocycles. The summed E-state index contributed by atoms with van der Waals surface area (Å²) in [6.45, 7) is 14.8. The molecular weight excluding hydrogens is 573 g/mol. The first-order valence-corrected chi connectivity index (χ1v) is 16.6. The predicted octanol–water partition coefficient (Wildman–Crippen LogP) is 4.59. The SMILES string of the molecule is CCOC(=O)COc1cc(CNC(Cc2ncc[nH]2)c2nccn2CCCN2CCC3(CCN(CC(C)C)CC3)C2)ccc1F. The zero-order valence-corrected chi connectivity index (χ0v) is 27.1. The summed E-state index contributed by atoms with van der Waals surface area (Å²) in [5, 5.41) is 3.61. The molecule has 2 N–H and O–H groups in total. The fourth-order valence-electron chi connectivity index (χ4n) is 6.84. The van der Waals surface area contributed by atoms with E-state index < -0.39 is 11.8 Å². The number of nitrogens with one attached hydrogen (secondary N) is 2. The van der Waals surface area contributed by atoms with Crippen molar-refractivity contribution in [1.29, 1.82) is 0 Å². The van der Waals surface area contributed by atoms with Crippen LogP contribution in [0.1, 0.15) is 69.7 Å². The predicted molar refractivity (Wildman–Crippen MR) is 171 cm³/mol. The number of aryl methyl sites for hydroxylation is 1. The van der Waals surface area contributed by atoms with Crippen molar-refractivity contribution in [3.05, 3.63) is 66.0 Å². The maximum Gasteiger partial charge on any atom is 0.344 e. The largest absolute Gasteiger partial charge is 0.479 e. The van der Waals surface area contributed by atoms with Gasteiger partial charge in [0, 0.05) is 57.4 Å². The first-order chi connectivity index (χ1) is 21.8. The van der Waals surface area contributed by atoms with Crippen molar-refractivity contribution in [2.24, 2.45) is 11.3 Å². The van der Waals surface area contributed by atoms with Gasteiger partial charge in [-0.3, -0.25) is 0 Å². The molecule has 3 aromatic rings. The van der Waals surface area contributed by atoms with Crippen LogP contribution in [0.4, 0.5) is 4.39 Å². The average molecular weight is 624 g/mol. The van der Waals surface area contributed by atoms with Gasteiger partial charge in [0.05, 0.1) is 12.6 Å². The second-order valence-electron chi connectivity index (χ2n) is 13.1. The van der Waals surface area contributed by atoms with Crippen LogP contribution in [-0.4, -0.2) is 87.8 Å². The molecule has 11 heteroatoms. The highest BCUT2D eigenvalue weighted by molar-refractivity contribution is 5.71. The summed E-state index contributed by atoms with van der Waals surface area (Å²) >= 11 is 0. The number of piperidine rings is 1. The number of aromatic amines is 1. The van der Waals surface area contributed by atoms with Crippen molar-refractivity contribution in [3.8, 4) is 5.75 Å². The van der Waals surface area contributed by atoms with Crippen molar-refractivity contribution >= 4 is 5.97 Å². The highest BCUT2D eigenvalue weighted by atomic mass is 19.1. The van der Waals surface area contributed by atoms with Gasteiger partial charge in [-0.15, -0.1) is 0 Å². The topological polar surface area (TPSA) is 101 Å². The van der Waals surface area contributed by atoms with Crippen LogP contribution in [0.15, 0.2) is 43.0 Å². The molecule has 1 aromatic carbocycles. The summed E-state index contributed by atoms with van der Waals surface area (Å²) in [6, 6.07) is 4.57. The molecular formula is C34H50FN7O3. The Bertz CT molecular complexity index is 1340. The number of carbonyl (C=O) groups is 1. The van der Waals surface area contributed by atoms with Crippen LogP contribution in [0.3, 0.4) is 0 Å². The number of rotatable bonds is 16. The van der Waals surface area contributed by atoms with Gasteiger partial charge < -0.3 is 34.1 Å². The van der Waals surface area contributed by atoms with Crippen molar-refractivity contribution in [3.63, 3.8) is 0 Å². The van der Waals surface area contributed by atoms with E-state index in [1.807, 2.05) is 12.4 Å². The maximum absolute atomic E-state index is 14.4. The van der Waals surface area contributed by atoms with Crippen LogP contribution >= 0.6 is 0 Å². The van der Waals surface area contributed by atoms with Crippen LogP contribution in [0, 0.1) is 17.2 Å². The quantitative estimate of drug-likeness (QED) is 0.224. The van der Waals surface area contributed by atoms with Crippen LogP contribution in [-0.2, 0) is 29.0 Å². The van der Waals surface area contributed by atoms with E-state index in [0.717, 1.165) is 42.6 Å². The second-order valence-corrected chi connectivity index (χ2v) is 13.1. The highest BCUT2D eigenvalue weighted by Crippen LogP contribution is 2.40. The number of esters is 1. The summed E-state index contributed by atoms with van der Waals surface area (Å²) in [4.78, 5) is 29.4. The Morgan fingerprint density at radius 3 is 2.64 bits per heavy atom. The Kier molecular flexibility index (Phi) is 11.6. The van der Waals surface area contributed by atoms with Gasteiger partial charge in [0.1, 0.15) is 11.6 Å². The molecule has 0 saturated carbocycles. The molecule has 2 fully saturated rings. The lowest BCUT2D eigenvalue weighted by molar-refractivity contribution is -0.145. The summed E-state index contributed by atoms with van der Waals surface area (Å²) in [7, 11) is 0. The number of hydrogen-bond acceptors (Lipinski definition) is 8. The average Bonchev–Trinajstić information content (AvgIpc) is 3.79. The second kappa shape index (κ2) is 15.8. The van der Waals surface area contributed by atoms with Gasteiger partial charge >= 0.3 is 5.97 Å². The van der Waals surface area contributed by atoms with E-state index in [1.165, 1.54) is 58.1 Å². The summed E-state index contributed by atoms with van der Waals surface area (Å²) in [5.41, 5.74) is 1.34. The van der Waals surface area contributed by atoms with E-state index in [2.05, 4.69) is 49.7 Å². The summed E-state index contributed by atoms with van der Waals surface area (Å²) < 4.78 is 26.9. The van der Waals surface area contributed by atoms with Gasteiger partial charge in [-0.05, 0) is 87.8 Å². The number of halogens is 1. The number of hydrogen-bond donors (Lipinski definition) is 2. The van der Waals surface area contributed by atoms with Crippen molar-refractivity contribution in [2.45, 2.75) is 72.0 Å². The van der Waals surface area contributed by atoms with Crippen LogP contribution in [0.2, 0.25) is 0 Å². The van der Waals surface area contributed by atoms with Crippen molar-refractivity contribution in [2.75, 3.05) is 52.5 Å². The van der Waals surface area contributed by atoms with Crippen LogP contribution in [0.5, 0.6) is 5.75 Å². The maximum atomic E-state index is 14.4. The zero-order chi connectivity index (χ0) is 31.6. The zero-order valence-electron chi connectivity index (χ0n) is 27.1. The standard InChI is InChI=1S/C34H50FN7O3/c1-4-44-32(43)24-45-30-20-27(6-7-28(30)35)22-39-29(21-31-36-11-12-37-31)33-38-13-19-42(33)15-5-14-41-18-10-34(25-41)8-16-40(17-9-34)23-26(2)3/h6-7,11-13,19-20,26,29,39H,4-5,8-10,14-18,21-25H2,1-3H3,(H,36,37). The molecule has 5 rings (SSSR count). The van der Waals surface area contributed by atoms with Gasteiger partial charge in [-0.2, -0.15) is 0 Å². The Morgan fingerprint density at radius 2 is 1.91 bits per heavy atom. The molecule has 2 aliphatic heterocycles. The Morgan fingerprint density at radius 1 is 1.11 bits per heavy atom. The Hall–Kier alpha value is -3.28. The third-order valence-corrected chi connectivity index (χ3v) is 9.14. The number of H-pyrrole nitrogens is 1. The monoisotopic (exact) mass is 623 g/mol. The number of likely N-dealkylation sites (tertiary alicyclic amines) is 2. The molecule has 1 unspecified atom stereocenters. The fourth-order valence-corrected chi connectivity index (χ4v) is 6.84.